The van der Waals surface area contributed by atoms with E-state index in [1.807, 2.05) is 42.1 Å². The van der Waals surface area contributed by atoms with E-state index in [4.69, 9.17) is 9.84 Å². The lowest BCUT2D eigenvalue weighted by Crippen LogP contribution is -2.35. The molecule has 2 aromatic rings. The summed E-state index contributed by atoms with van der Waals surface area (Å²) in [5.74, 6) is 1.18. The minimum Gasteiger partial charge on any atom is -0.489 e. The maximum Gasteiger partial charge on any atom is 0.304 e. The van der Waals surface area contributed by atoms with E-state index in [1.54, 1.807) is 0 Å². The largest absolute Gasteiger partial charge is 0.489 e. The van der Waals surface area contributed by atoms with Crippen molar-refractivity contribution in [3.05, 3.63) is 65.7 Å². The highest BCUT2D eigenvalue weighted by molar-refractivity contribution is 7.99. The second kappa shape index (κ2) is 8.92. The third kappa shape index (κ3) is 5.51. The van der Waals surface area contributed by atoms with Crippen molar-refractivity contribution in [1.82, 2.24) is 4.90 Å². The molecule has 5 heteroatoms. The topological polar surface area (TPSA) is 49.8 Å². The van der Waals surface area contributed by atoms with E-state index in [1.165, 1.54) is 5.56 Å². The summed E-state index contributed by atoms with van der Waals surface area (Å²) in [7, 11) is 0. The van der Waals surface area contributed by atoms with Crippen LogP contribution in [0.1, 0.15) is 22.8 Å². The smallest absolute Gasteiger partial charge is 0.304 e. The molecule has 0 saturated carbocycles. The van der Waals surface area contributed by atoms with Crippen LogP contribution in [0.25, 0.3) is 0 Å². The monoisotopic (exact) mass is 357 g/mol. The summed E-state index contributed by atoms with van der Waals surface area (Å²) in [4.78, 5) is 13.0. The molecule has 0 aliphatic carbocycles. The number of thioether (sulfide) groups is 1. The summed E-state index contributed by atoms with van der Waals surface area (Å²) >= 11 is 1.94. The lowest BCUT2D eigenvalue weighted by molar-refractivity contribution is -0.137. The van der Waals surface area contributed by atoms with Crippen molar-refractivity contribution in [3.63, 3.8) is 0 Å². The first kappa shape index (κ1) is 17.8. The maximum absolute atomic E-state index is 10.7. The number of rotatable bonds is 7. The third-order valence-electron chi connectivity index (χ3n) is 4.29. The van der Waals surface area contributed by atoms with Crippen LogP contribution in [-0.4, -0.2) is 41.4 Å². The van der Waals surface area contributed by atoms with Crippen molar-refractivity contribution in [1.29, 1.82) is 0 Å². The molecule has 4 nitrogen and oxygen atoms in total. The van der Waals surface area contributed by atoms with Gasteiger partial charge in [0.2, 0.25) is 0 Å². The third-order valence-corrected chi connectivity index (χ3v) is 5.53. The number of hydrogen-bond acceptors (Lipinski definition) is 4. The summed E-state index contributed by atoms with van der Waals surface area (Å²) in [5.41, 5.74) is 2.43. The second-order valence-corrected chi connectivity index (χ2v) is 7.46. The zero-order chi connectivity index (χ0) is 17.5. The first-order chi connectivity index (χ1) is 12.2. The molecule has 1 N–H and O–H groups in total. The molecule has 1 unspecified atom stereocenters. The number of carbonyl (C=O) groups is 1. The molecule has 0 aromatic heterocycles. The molecule has 0 bridgehead atoms. The van der Waals surface area contributed by atoms with Gasteiger partial charge in [-0.3, -0.25) is 4.79 Å². The zero-order valence-corrected chi connectivity index (χ0v) is 15.0. The van der Waals surface area contributed by atoms with E-state index < -0.39 is 5.97 Å². The first-order valence-corrected chi connectivity index (χ1v) is 9.58. The molecule has 1 saturated heterocycles. The predicted molar refractivity (Wildman–Crippen MR) is 101 cm³/mol. The zero-order valence-electron chi connectivity index (χ0n) is 14.1. The number of benzene rings is 2. The Morgan fingerprint density at radius 3 is 2.64 bits per heavy atom. The average Bonchev–Trinajstić information content (AvgIpc) is 2.66. The number of carboxylic acids is 1. The molecule has 0 spiro atoms. The number of nitrogens with zero attached hydrogens (tertiary/aromatic N) is 1. The van der Waals surface area contributed by atoms with Gasteiger partial charge < -0.3 is 14.7 Å². The van der Waals surface area contributed by atoms with Crippen molar-refractivity contribution in [2.45, 2.75) is 18.3 Å². The van der Waals surface area contributed by atoms with Gasteiger partial charge in [0.15, 0.2) is 0 Å². The van der Waals surface area contributed by atoms with E-state index in [9.17, 15) is 4.79 Å². The molecule has 1 aliphatic heterocycles. The van der Waals surface area contributed by atoms with Crippen molar-refractivity contribution >= 4 is 17.7 Å². The molecule has 0 radical (unpaired) electrons. The van der Waals surface area contributed by atoms with Crippen LogP contribution in [0, 0.1) is 0 Å². The molecule has 1 aliphatic rings. The summed E-state index contributed by atoms with van der Waals surface area (Å²) in [6, 6.07) is 18.4. The van der Waals surface area contributed by atoms with Crippen LogP contribution in [0.3, 0.4) is 0 Å². The van der Waals surface area contributed by atoms with Gasteiger partial charge in [0.25, 0.3) is 0 Å². The summed E-state index contributed by atoms with van der Waals surface area (Å²) in [6.45, 7) is 3.07. The van der Waals surface area contributed by atoms with Crippen molar-refractivity contribution in [2.24, 2.45) is 0 Å². The molecule has 1 heterocycles. The Morgan fingerprint density at radius 2 is 1.92 bits per heavy atom. The average molecular weight is 357 g/mol. The van der Waals surface area contributed by atoms with Gasteiger partial charge in [-0.25, -0.2) is 0 Å². The van der Waals surface area contributed by atoms with Crippen LogP contribution < -0.4 is 4.74 Å². The van der Waals surface area contributed by atoms with Crippen molar-refractivity contribution < 1.29 is 14.6 Å². The van der Waals surface area contributed by atoms with Gasteiger partial charge in [0, 0.05) is 30.6 Å². The fourth-order valence-corrected chi connectivity index (χ4v) is 4.19. The Bertz CT molecular complexity index is 675. The van der Waals surface area contributed by atoms with Crippen LogP contribution in [-0.2, 0) is 11.4 Å². The summed E-state index contributed by atoms with van der Waals surface area (Å²) in [6.07, 6.45) is 0.212. The molecule has 0 amide bonds. The summed E-state index contributed by atoms with van der Waals surface area (Å²) in [5, 5.41) is 9.24. The van der Waals surface area contributed by atoms with Crippen molar-refractivity contribution in [2.75, 3.05) is 25.4 Å². The highest BCUT2D eigenvalue weighted by Crippen LogP contribution is 2.34. The van der Waals surface area contributed by atoms with Gasteiger partial charge in [-0.05, 0) is 23.3 Å². The Balaban J connectivity index is 1.53. The van der Waals surface area contributed by atoms with Gasteiger partial charge in [0.1, 0.15) is 12.4 Å². The Hall–Kier alpha value is -1.98. The Morgan fingerprint density at radius 1 is 1.16 bits per heavy atom. The standard InChI is InChI=1S/C20H23NO3S/c22-20(23)10-11-21-12-13-25-19(14-21)17-6-8-18(9-7-17)24-15-16-4-2-1-3-5-16/h1-9,19H,10-15H2,(H,22,23). The number of aliphatic carboxylic acids is 1. The van der Waals surface area contributed by atoms with E-state index in [-0.39, 0.29) is 6.42 Å². The van der Waals surface area contributed by atoms with E-state index in [2.05, 4.69) is 29.2 Å². The molecule has 2 aromatic carbocycles. The minimum absolute atomic E-state index is 0.212. The molecule has 132 valence electrons. The van der Waals surface area contributed by atoms with Gasteiger partial charge >= 0.3 is 5.97 Å². The number of carboxylic acid groups (broad SMARTS) is 1. The first-order valence-electron chi connectivity index (χ1n) is 8.53. The molecule has 1 fully saturated rings. The van der Waals surface area contributed by atoms with Gasteiger partial charge in [-0.2, -0.15) is 11.8 Å². The van der Waals surface area contributed by atoms with Gasteiger partial charge in [-0.1, -0.05) is 42.5 Å². The number of ether oxygens (including phenoxy) is 1. The van der Waals surface area contributed by atoms with Crippen LogP contribution in [0.15, 0.2) is 54.6 Å². The van der Waals surface area contributed by atoms with Gasteiger partial charge in [-0.15, -0.1) is 0 Å². The highest BCUT2D eigenvalue weighted by Gasteiger charge is 2.22. The lowest BCUT2D eigenvalue weighted by atomic mass is 10.1. The quantitative estimate of drug-likeness (QED) is 0.816. The Labute approximate surface area is 152 Å². The minimum atomic E-state index is -0.727. The lowest BCUT2D eigenvalue weighted by Gasteiger charge is -2.32. The number of hydrogen-bond donors (Lipinski definition) is 1. The normalized spacial score (nSPS) is 18.0. The van der Waals surface area contributed by atoms with Crippen LogP contribution >= 0.6 is 11.8 Å². The molecule has 1 atom stereocenters. The molecule has 25 heavy (non-hydrogen) atoms. The van der Waals surface area contributed by atoms with Crippen molar-refractivity contribution in [3.8, 4) is 5.75 Å². The van der Waals surface area contributed by atoms with E-state index in [0.29, 0.717) is 18.4 Å². The van der Waals surface area contributed by atoms with Crippen LogP contribution in [0.4, 0.5) is 0 Å². The molecular formula is C20H23NO3S. The van der Waals surface area contributed by atoms with E-state index in [0.717, 1.165) is 30.2 Å². The molecular weight excluding hydrogens is 334 g/mol. The van der Waals surface area contributed by atoms with Crippen LogP contribution in [0.2, 0.25) is 0 Å². The summed E-state index contributed by atoms with van der Waals surface area (Å²) < 4.78 is 5.84. The maximum atomic E-state index is 10.7. The fraction of sp³-hybridized carbons (Fsp3) is 0.350. The highest BCUT2D eigenvalue weighted by atomic mass is 32.2. The van der Waals surface area contributed by atoms with Gasteiger partial charge in [0.05, 0.1) is 6.42 Å². The fourth-order valence-electron chi connectivity index (χ4n) is 2.88. The SMILES string of the molecule is O=C(O)CCN1CCSC(c2ccc(OCc3ccccc3)cc2)C1. The second-order valence-electron chi connectivity index (χ2n) is 6.15. The predicted octanol–water partition coefficient (Wildman–Crippen LogP) is 3.83. The Kier molecular flexibility index (Phi) is 6.36. The van der Waals surface area contributed by atoms with E-state index >= 15 is 0 Å². The molecule has 3 rings (SSSR count). The van der Waals surface area contributed by atoms with Crippen LogP contribution in [0.5, 0.6) is 5.75 Å².